The fourth-order valence-electron chi connectivity index (χ4n) is 1.13. The highest BCUT2D eigenvalue weighted by atomic mass is 16.5. The Balaban J connectivity index is 2.71. The zero-order valence-corrected chi connectivity index (χ0v) is 8.45. The highest BCUT2D eigenvalue weighted by molar-refractivity contribution is 5.75. The van der Waals surface area contributed by atoms with Gasteiger partial charge in [-0.1, -0.05) is 0 Å². The molecule has 0 bridgehead atoms. The van der Waals surface area contributed by atoms with E-state index in [-0.39, 0.29) is 6.04 Å². The predicted molar refractivity (Wildman–Crippen MR) is 58.0 cm³/mol. The Morgan fingerprint density at radius 1 is 1.57 bits per heavy atom. The number of nitrogens with zero attached hydrogens (tertiary/aromatic N) is 1. The quantitative estimate of drug-likeness (QED) is 0.659. The van der Waals surface area contributed by atoms with Crippen LogP contribution >= 0.6 is 0 Å². The van der Waals surface area contributed by atoms with E-state index in [4.69, 9.17) is 16.2 Å². The fraction of sp³-hybridized carbons (Fsp3) is 0.444. The maximum atomic E-state index is 5.74. The Morgan fingerprint density at radius 3 is 2.93 bits per heavy atom. The number of nitrogens with two attached hydrogens (primary N) is 2. The summed E-state index contributed by atoms with van der Waals surface area (Å²) in [5, 5.41) is 3.11. The number of hydrogen-bond acceptors (Lipinski definition) is 5. The van der Waals surface area contributed by atoms with Crippen LogP contribution in [0.15, 0.2) is 12.3 Å². The van der Waals surface area contributed by atoms with Gasteiger partial charge in [0.1, 0.15) is 0 Å². The molecule has 1 rings (SSSR count). The molecular formula is C9H16N4O. The van der Waals surface area contributed by atoms with E-state index < -0.39 is 0 Å². The van der Waals surface area contributed by atoms with Gasteiger partial charge in [0.05, 0.1) is 18.0 Å². The SMILES string of the molecule is COCC(C)Nc1nccc(N)c1N. The fourth-order valence-corrected chi connectivity index (χ4v) is 1.13. The van der Waals surface area contributed by atoms with Gasteiger partial charge < -0.3 is 21.5 Å². The summed E-state index contributed by atoms with van der Waals surface area (Å²) in [4.78, 5) is 4.09. The van der Waals surface area contributed by atoms with E-state index >= 15 is 0 Å². The minimum Gasteiger partial charge on any atom is -0.397 e. The summed E-state index contributed by atoms with van der Waals surface area (Å²) in [6.07, 6.45) is 1.62. The molecule has 1 heterocycles. The van der Waals surface area contributed by atoms with Gasteiger partial charge >= 0.3 is 0 Å². The minimum atomic E-state index is 0.150. The van der Waals surface area contributed by atoms with E-state index in [1.165, 1.54) is 0 Å². The third kappa shape index (κ3) is 2.50. The number of aromatic nitrogens is 1. The Labute approximate surface area is 83.5 Å². The Kier molecular flexibility index (Phi) is 3.53. The standard InChI is InChI=1S/C9H16N4O/c1-6(5-14-2)13-9-8(11)7(10)3-4-12-9/h3-4,6H,5,11H2,1-2H3,(H3,10,12,13). The second-order valence-electron chi connectivity index (χ2n) is 3.16. The molecule has 5 heteroatoms. The second-order valence-corrected chi connectivity index (χ2v) is 3.16. The van der Waals surface area contributed by atoms with Crippen LogP contribution < -0.4 is 16.8 Å². The molecule has 0 saturated heterocycles. The van der Waals surface area contributed by atoms with Crippen molar-refractivity contribution in [1.29, 1.82) is 0 Å². The van der Waals surface area contributed by atoms with Gasteiger partial charge in [0.2, 0.25) is 0 Å². The summed E-state index contributed by atoms with van der Waals surface area (Å²) in [5.41, 5.74) is 12.4. The molecule has 5 N–H and O–H groups in total. The van der Waals surface area contributed by atoms with Crippen molar-refractivity contribution in [3.63, 3.8) is 0 Å². The van der Waals surface area contributed by atoms with Crippen molar-refractivity contribution in [3.8, 4) is 0 Å². The van der Waals surface area contributed by atoms with Crippen molar-refractivity contribution in [2.45, 2.75) is 13.0 Å². The molecule has 0 aliphatic rings. The van der Waals surface area contributed by atoms with Crippen molar-refractivity contribution in [3.05, 3.63) is 12.3 Å². The number of ether oxygens (including phenoxy) is 1. The van der Waals surface area contributed by atoms with E-state index in [9.17, 15) is 0 Å². The first kappa shape index (κ1) is 10.6. The number of methoxy groups -OCH3 is 1. The van der Waals surface area contributed by atoms with Gasteiger partial charge in [-0.05, 0) is 13.0 Å². The lowest BCUT2D eigenvalue weighted by Gasteiger charge is -2.15. The monoisotopic (exact) mass is 196 g/mol. The lowest BCUT2D eigenvalue weighted by molar-refractivity contribution is 0.190. The zero-order valence-electron chi connectivity index (χ0n) is 8.45. The van der Waals surface area contributed by atoms with Gasteiger partial charge in [0.25, 0.3) is 0 Å². The molecule has 1 aromatic heterocycles. The van der Waals surface area contributed by atoms with Crippen molar-refractivity contribution < 1.29 is 4.74 Å². The van der Waals surface area contributed by atoms with Crippen molar-refractivity contribution in [2.75, 3.05) is 30.5 Å². The summed E-state index contributed by atoms with van der Waals surface area (Å²) in [6.45, 7) is 2.57. The molecule has 0 fully saturated rings. The van der Waals surface area contributed by atoms with Crippen molar-refractivity contribution in [1.82, 2.24) is 4.98 Å². The van der Waals surface area contributed by atoms with Gasteiger partial charge in [-0.25, -0.2) is 4.98 Å². The molecule has 0 amide bonds. The van der Waals surface area contributed by atoms with Crippen LogP contribution in [0.25, 0.3) is 0 Å². The number of hydrogen-bond donors (Lipinski definition) is 3. The highest BCUT2D eigenvalue weighted by Gasteiger charge is 2.06. The van der Waals surface area contributed by atoms with Crippen LogP contribution in [0, 0.1) is 0 Å². The van der Waals surface area contributed by atoms with Gasteiger partial charge in [-0.2, -0.15) is 0 Å². The number of rotatable bonds is 4. The van der Waals surface area contributed by atoms with Gasteiger partial charge in [0, 0.05) is 19.3 Å². The molecule has 0 aromatic carbocycles. The molecular weight excluding hydrogens is 180 g/mol. The average molecular weight is 196 g/mol. The minimum absolute atomic E-state index is 0.150. The van der Waals surface area contributed by atoms with E-state index in [2.05, 4.69) is 10.3 Å². The second kappa shape index (κ2) is 4.66. The largest absolute Gasteiger partial charge is 0.397 e. The van der Waals surface area contributed by atoms with E-state index in [1.54, 1.807) is 19.4 Å². The lowest BCUT2D eigenvalue weighted by atomic mass is 10.3. The summed E-state index contributed by atoms with van der Waals surface area (Å²) >= 11 is 0. The average Bonchev–Trinajstić information content (AvgIpc) is 2.13. The van der Waals surface area contributed by atoms with Crippen molar-refractivity contribution in [2.24, 2.45) is 0 Å². The summed E-state index contributed by atoms with van der Waals surface area (Å²) in [6, 6.07) is 1.82. The van der Waals surface area contributed by atoms with Crippen LogP contribution in [0.2, 0.25) is 0 Å². The van der Waals surface area contributed by atoms with E-state index in [1.807, 2.05) is 6.92 Å². The number of nitrogens with one attached hydrogen (secondary N) is 1. The number of pyridine rings is 1. The van der Waals surface area contributed by atoms with Crippen LogP contribution in [0.1, 0.15) is 6.92 Å². The molecule has 0 radical (unpaired) electrons. The van der Waals surface area contributed by atoms with Gasteiger partial charge in [-0.15, -0.1) is 0 Å². The van der Waals surface area contributed by atoms with Crippen LogP contribution in [0.5, 0.6) is 0 Å². The van der Waals surface area contributed by atoms with E-state index in [0.717, 1.165) is 0 Å². The first-order valence-electron chi connectivity index (χ1n) is 4.40. The maximum Gasteiger partial charge on any atom is 0.151 e. The Hall–Kier alpha value is -1.49. The zero-order chi connectivity index (χ0) is 10.6. The molecule has 1 atom stereocenters. The molecule has 0 aliphatic heterocycles. The summed E-state index contributed by atoms with van der Waals surface area (Å²) in [5.74, 6) is 0.606. The molecule has 0 aliphatic carbocycles. The summed E-state index contributed by atoms with van der Waals surface area (Å²) < 4.78 is 4.98. The van der Waals surface area contributed by atoms with Crippen molar-refractivity contribution >= 4 is 17.2 Å². The molecule has 14 heavy (non-hydrogen) atoms. The molecule has 0 saturated carbocycles. The molecule has 78 valence electrons. The molecule has 1 unspecified atom stereocenters. The Morgan fingerprint density at radius 2 is 2.29 bits per heavy atom. The van der Waals surface area contributed by atoms with E-state index in [0.29, 0.717) is 23.8 Å². The topological polar surface area (TPSA) is 86.2 Å². The van der Waals surface area contributed by atoms with Crippen LogP contribution in [0.4, 0.5) is 17.2 Å². The smallest absolute Gasteiger partial charge is 0.151 e. The van der Waals surface area contributed by atoms with Crippen LogP contribution in [0.3, 0.4) is 0 Å². The van der Waals surface area contributed by atoms with Crippen LogP contribution in [-0.2, 0) is 4.74 Å². The third-order valence-corrected chi connectivity index (χ3v) is 1.82. The maximum absolute atomic E-state index is 5.74. The van der Waals surface area contributed by atoms with Crippen LogP contribution in [-0.4, -0.2) is 24.7 Å². The van der Waals surface area contributed by atoms with Gasteiger partial charge in [0.15, 0.2) is 5.82 Å². The molecule has 5 nitrogen and oxygen atoms in total. The number of nitrogen functional groups attached to an aromatic ring is 2. The highest BCUT2D eigenvalue weighted by Crippen LogP contribution is 2.21. The summed E-state index contributed by atoms with van der Waals surface area (Å²) in [7, 11) is 1.65. The molecule has 0 spiro atoms. The first-order valence-corrected chi connectivity index (χ1v) is 4.40. The molecule has 1 aromatic rings. The predicted octanol–water partition coefficient (Wildman–Crippen LogP) is 0.693. The van der Waals surface area contributed by atoms with Gasteiger partial charge in [-0.3, -0.25) is 0 Å². The first-order chi connectivity index (χ1) is 6.65. The lowest BCUT2D eigenvalue weighted by Crippen LogP contribution is -2.22. The normalized spacial score (nSPS) is 12.4. The Bertz CT molecular complexity index is 303. The third-order valence-electron chi connectivity index (χ3n) is 1.82. The number of anilines is 3.